The first kappa shape index (κ1) is 21.2. The van der Waals surface area contributed by atoms with Crippen molar-refractivity contribution in [2.24, 2.45) is 17.8 Å². The molecule has 2 rings (SSSR count). The zero-order valence-electron chi connectivity index (χ0n) is 16.9. The van der Waals surface area contributed by atoms with E-state index in [0.717, 1.165) is 12.8 Å². The lowest BCUT2D eigenvalue weighted by molar-refractivity contribution is -0.275. The summed E-state index contributed by atoms with van der Waals surface area (Å²) in [7, 11) is 0. The molecule has 0 N–H and O–H groups in total. The van der Waals surface area contributed by atoms with Crippen LogP contribution in [0.2, 0.25) is 0 Å². The zero-order chi connectivity index (χ0) is 19.4. The molecule has 7 atom stereocenters. The molecule has 0 aromatic carbocycles. The standard InChI is InChI=1S/C20H34O6/c1-11(2)16-8-7-12(3)9-17(16)26-19-10-18(24-14(5)21)20(13(4)23-19)25-15(6)22/h11-13,16-20H,7-10H2,1-6H3/t12?,13-,16?,17?,18-,19+,20-/m1/s1. The number of carbonyl (C=O) groups is 2. The van der Waals surface area contributed by atoms with Crippen molar-refractivity contribution in [3.05, 3.63) is 0 Å². The molecule has 0 aromatic rings. The molecular formula is C20H34O6. The Bertz CT molecular complexity index is 491. The van der Waals surface area contributed by atoms with E-state index in [-0.39, 0.29) is 6.10 Å². The molecule has 6 heteroatoms. The van der Waals surface area contributed by atoms with Gasteiger partial charge in [0.2, 0.25) is 0 Å². The van der Waals surface area contributed by atoms with Crippen LogP contribution in [-0.4, -0.2) is 42.6 Å². The van der Waals surface area contributed by atoms with E-state index in [1.54, 1.807) is 0 Å². The summed E-state index contributed by atoms with van der Waals surface area (Å²) >= 11 is 0. The molecule has 150 valence electrons. The number of hydrogen-bond acceptors (Lipinski definition) is 6. The Morgan fingerprint density at radius 1 is 0.962 bits per heavy atom. The van der Waals surface area contributed by atoms with Crippen molar-refractivity contribution in [2.45, 2.75) is 97.9 Å². The number of ether oxygens (including phenoxy) is 4. The van der Waals surface area contributed by atoms with Crippen molar-refractivity contribution in [1.82, 2.24) is 0 Å². The fourth-order valence-corrected chi connectivity index (χ4v) is 4.24. The van der Waals surface area contributed by atoms with Crippen molar-refractivity contribution in [2.75, 3.05) is 0 Å². The highest BCUT2D eigenvalue weighted by atomic mass is 16.7. The van der Waals surface area contributed by atoms with Gasteiger partial charge < -0.3 is 18.9 Å². The Labute approximate surface area is 156 Å². The number of rotatable bonds is 5. The van der Waals surface area contributed by atoms with Crippen LogP contribution in [0.5, 0.6) is 0 Å². The van der Waals surface area contributed by atoms with E-state index in [2.05, 4.69) is 20.8 Å². The highest BCUT2D eigenvalue weighted by Gasteiger charge is 2.43. The van der Waals surface area contributed by atoms with Gasteiger partial charge in [-0.15, -0.1) is 0 Å². The Balaban J connectivity index is 2.07. The molecule has 6 nitrogen and oxygen atoms in total. The second-order valence-corrected chi connectivity index (χ2v) is 8.23. The number of hydrogen-bond donors (Lipinski definition) is 0. The highest BCUT2D eigenvalue weighted by molar-refractivity contribution is 5.67. The van der Waals surface area contributed by atoms with Crippen molar-refractivity contribution in [3.63, 3.8) is 0 Å². The molecule has 0 spiro atoms. The maximum Gasteiger partial charge on any atom is 0.303 e. The molecule has 2 aliphatic rings. The highest BCUT2D eigenvalue weighted by Crippen LogP contribution is 2.37. The van der Waals surface area contributed by atoms with Crippen LogP contribution in [0, 0.1) is 17.8 Å². The molecule has 0 radical (unpaired) electrons. The van der Waals surface area contributed by atoms with Gasteiger partial charge in [-0.3, -0.25) is 9.59 Å². The minimum absolute atomic E-state index is 0.138. The summed E-state index contributed by atoms with van der Waals surface area (Å²) in [6.07, 6.45) is 1.90. The Hall–Kier alpha value is -1.14. The molecular weight excluding hydrogens is 336 g/mol. The van der Waals surface area contributed by atoms with E-state index in [1.165, 1.54) is 20.3 Å². The van der Waals surface area contributed by atoms with Crippen molar-refractivity contribution in [3.8, 4) is 0 Å². The third kappa shape index (κ3) is 5.68. The summed E-state index contributed by atoms with van der Waals surface area (Å²) in [6, 6.07) is 0. The lowest BCUT2D eigenvalue weighted by atomic mass is 9.75. The third-order valence-corrected chi connectivity index (χ3v) is 5.53. The monoisotopic (exact) mass is 370 g/mol. The van der Waals surface area contributed by atoms with Gasteiger partial charge >= 0.3 is 11.9 Å². The predicted molar refractivity (Wildman–Crippen MR) is 96.3 cm³/mol. The Morgan fingerprint density at radius 3 is 2.19 bits per heavy atom. The predicted octanol–water partition coefficient (Wildman–Crippen LogP) is 3.46. The SMILES string of the molecule is CC(=O)O[C@@H]1[C@@H](C)O[C@@H](OC2CC(C)CCC2C(C)C)C[C@H]1OC(C)=O. The fourth-order valence-electron chi connectivity index (χ4n) is 4.24. The van der Waals surface area contributed by atoms with E-state index in [0.29, 0.717) is 24.2 Å². The van der Waals surface area contributed by atoms with Crippen LogP contribution in [0.4, 0.5) is 0 Å². The van der Waals surface area contributed by atoms with Gasteiger partial charge in [0.05, 0.1) is 12.2 Å². The Morgan fingerprint density at radius 2 is 1.62 bits per heavy atom. The van der Waals surface area contributed by atoms with Gasteiger partial charge in [0.25, 0.3) is 0 Å². The van der Waals surface area contributed by atoms with E-state index in [1.807, 2.05) is 6.92 Å². The molecule has 0 bridgehead atoms. The minimum Gasteiger partial charge on any atom is -0.458 e. The molecule has 0 amide bonds. The van der Waals surface area contributed by atoms with Crippen LogP contribution < -0.4 is 0 Å². The smallest absolute Gasteiger partial charge is 0.303 e. The summed E-state index contributed by atoms with van der Waals surface area (Å²) in [5, 5.41) is 0. The molecule has 0 aromatic heterocycles. The largest absolute Gasteiger partial charge is 0.458 e. The summed E-state index contributed by atoms with van der Waals surface area (Å²) in [6.45, 7) is 11.3. The normalized spacial score (nSPS) is 38.0. The number of carbonyl (C=O) groups excluding carboxylic acids is 2. The van der Waals surface area contributed by atoms with Gasteiger partial charge in [-0.1, -0.05) is 27.2 Å². The van der Waals surface area contributed by atoms with Gasteiger partial charge in [0.15, 0.2) is 12.4 Å². The van der Waals surface area contributed by atoms with Crippen LogP contribution in [0.15, 0.2) is 0 Å². The van der Waals surface area contributed by atoms with Crippen molar-refractivity contribution in [1.29, 1.82) is 0 Å². The van der Waals surface area contributed by atoms with Gasteiger partial charge in [-0.25, -0.2) is 0 Å². The fraction of sp³-hybridized carbons (Fsp3) is 0.900. The maximum atomic E-state index is 11.5. The van der Waals surface area contributed by atoms with Crippen molar-refractivity contribution < 1.29 is 28.5 Å². The lowest BCUT2D eigenvalue weighted by Crippen LogP contribution is -2.52. The quantitative estimate of drug-likeness (QED) is 0.690. The molecule has 1 heterocycles. The van der Waals surface area contributed by atoms with E-state index >= 15 is 0 Å². The average molecular weight is 370 g/mol. The van der Waals surface area contributed by atoms with Crippen molar-refractivity contribution >= 4 is 11.9 Å². The second-order valence-electron chi connectivity index (χ2n) is 8.23. The molecule has 1 aliphatic carbocycles. The lowest BCUT2D eigenvalue weighted by Gasteiger charge is -2.43. The first-order valence-electron chi connectivity index (χ1n) is 9.82. The summed E-state index contributed by atoms with van der Waals surface area (Å²) in [4.78, 5) is 22.9. The first-order valence-corrected chi connectivity index (χ1v) is 9.82. The number of esters is 2. The van der Waals surface area contributed by atoms with Crippen LogP contribution in [0.3, 0.4) is 0 Å². The minimum atomic E-state index is -0.609. The van der Waals surface area contributed by atoms with Gasteiger partial charge in [0.1, 0.15) is 6.10 Å². The van der Waals surface area contributed by atoms with Gasteiger partial charge in [-0.05, 0) is 37.5 Å². The summed E-state index contributed by atoms with van der Waals surface area (Å²) < 4.78 is 23.1. The van der Waals surface area contributed by atoms with Crippen LogP contribution in [0.1, 0.15) is 67.2 Å². The molecule has 1 saturated carbocycles. The van der Waals surface area contributed by atoms with E-state index < -0.39 is 36.5 Å². The average Bonchev–Trinajstić information content (AvgIpc) is 2.49. The molecule has 1 aliphatic heterocycles. The second kappa shape index (κ2) is 9.18. The van der Waals surface area contributed by atoms with E-state index in [9.17, 15) is 9.59 Å². The molecule has 3 unspecified atom stereocenters. The van der Waals surface area contributed by atoms with Gasteiger partial charge in [0, 0.05) is 20.3 Å². The van der Waals surface area contributed by atoms with Crippen LogP contribution in [-0.2, 0) is 28.5 Å². The molecule has 2 fully saturated rings. The maximum absolute atomic E-state index is 11.5. The first-order chi connectivity index (χ1) is 12.2. The van der Waals surface area contributed by atoms with Crippen LogP contribution in [0.25, 0.3) is 0 Å². The topological polar surface area (TPSA) is 71.1 Å². The van der Waals surface area contributed by atoms with Crippen LogP contribution >= 0.6 is 0 Å². The summed E-state index contributed by atoms with van der Waals surface area (Å²) in [5.41, 5.74) is 0. The summed E-state index contributed by atoms with van der Waals surface area (Å²) in [5.74, 6) is 0.874. The zero-order valence-corrected chi connectivity index (χ0v) is 16.9. The Kier molecular flexibility index (Phi) is 7.47. The third-order valence-electron chi connectivity index (χ3n) is 5.53. The van der Waals surface area contributed by atoms with Gasteiger partial charge in [-0.2, -0.15) is 0 Å². The molecule has 1 saturated heterocycles. The van der Waals surface area contributed by atoms with E-state index in [4.69, 9.17) is 18.9 Å². The molecule has 26 heavy (non-hydrogen) atoms.